The van der Waals surface area contributed by atoms with E-state index in [0.717, 1.165) is 29.7 Å². The summed E-state index contributed by atoms with van der Waals surface area (Å²) in [4.78, 5) is 26.5. The minimum absolute atomic E-state index is 0.0371. The molecular formula is C24H28F2N4O3. The molecule has 2 heterocycles. The van der Waals surface area contributed by atoms with Gasteiger partial charge in [0.15, 0.2) is 11.6 Å². The summed E-state index contributed by atoms with van der Waals surface area (Å²) >= 11 is 0. The molecule has 0 aliphatic carbocycles. The molecule has 0 saturated carbocycles. The molecule has 0 spiro atoms. The van der Waals surface area contributed by atoms with E-state index in [1.54, 1.807) is 29.2 Å². The zero-order valence-electron chi connectivity index (χ0n) is 18.3. The Bertz CT molecular complexity index is 986. The summed E-state index contributed by atoms with van der Waals surface area (Å²) in [6.45, 7) is 1.95. The van der Waals surface area contributed by atoms with Gasteiger partial charge in [-0.15, -0.1) is 0 Å². The summed E-state index contributed by atoms with van der Waals surface area (Å²) in [7, 11) is 0. The van der Waals surface area contributed by atoms with Crippen LogP contribution < -0.4 is 15.5 Å². The summed E-state index contributed by atoms with van der Waals surface area (Å²) in [6.07, 6.45) is 3.06. The van der Waals surface area contributed by atoms with Crippen LogP contribution in [0.15, 0.2) is 36.4 Å². The van der Waals surface area contributed by atoms with Crippen molar-refractivity contribution in [3.63, 3.8) is 0 Å². The van der Waals surface area contributed by atoms with Crippen molar-refractivity contribution >= 4 is 29.1 Å². The Morgan fingerprint density at radius 3 is 2.24 bits per heavy atom. The monoisotopic (exact) mass is 458 g/mol. The first-order chi connectivity index (χ1) is 15.9. The van der Waals surface area contributed by atoms with Gasteiger partial charge in [0.2, 0.25) is 5.91 Å². The number of carbonyl (C=O) groups is 2. The number of nitrogens with zero attached hydrogens (tertiary/aromatic N) is 2. The molecule has 2 aliphatic heterocycles. The molecule has 2 fully saturated rings. The number of halogens is 2. The van der Waals surface area contributed by atoms with Crippen molar-refractivity contribution in [1.82, 2.24) is 10.2 Å². The largest absolute Gasteiger partial charge is 0.465 e. The predicted molar refractivity (Wildman–Crippen MR) is 122 cm³/mol. The van der Waals surface area contributed by atoms with Gasteiger partial charge in [0, 0.05) is 37.6 Å². The molecule has 9 heteroatoms. The second-order valence-electron chi connectivity index (χ2n) is 8.51. The van der Waals surface area contributed by atoms with Gasteiger partial charge in [0.05, 0.1) is 0 Å². The lowest BCUT2D eigenvalue weighted by Gasteiger charge is -2.29. The number of anilines is 3. The van der Waals surface area contributed by atoms with Gasteiger partial charge in [-0.05, 0) is 61.9 Å². The SMILES string of the molecule is O=C(NCc1ccc(Nc2cc(F)c(N3CCCCC3)c(F)c2)cc1)[C@H]1CCCN1C(=O)O. The van der Waals surface area contributed by atoms with Crippen molar-refractivity contribution in [2.45, 2.75) is 44.7 Å². The fraction of sp³-hybridized carbons (Fsp3) is 0.417. The van der Waals surface area contributed by atoms with Gasteiger partial charge in [-0.1, -0.05) is 12.1 Å². The molecule has 176 valence electrons. The number of nitrogens with one attached hydrogen (secondary N) is 2. The van der Waals surface area contributed by atoms with Crippen LogP contribution in [0.25, 0.3) is 0 Å². The first-order valence-electron chi connectivity index (χ1n) is 11.3. The normalized spacial score (nSPS) is 18.3. The highest BCUT2D eigenvalue weighted by Gasteiger charge is 2.33. The van der Waals surface area contributed by atoms with E-state index in [1.165, 1.54) is 12.1 Å². The number of hydrogen-bond acceptors (Lipinski definition) is 4. The molecule has 0 bridgehead atoms. The van der Waals surface area contributed by atoms with E-state index in [4.69, 9.17) is 0 Å². The third-order valence-electron chi connectivity index (χ3n) is 6.20. The highest BCUT2D eigenvalue weighted by molar-refractivity contribution is 5.85. The Hall–Kier alpha value is -3.36. The summed E-state index contributed by atoms with van der Waals surface area (Å²) in [5, 5.41) is 15.0. The van der Waals surface area contributed by atoms with Crippen molar-refractivity contribution < 1.29 is 23.5 Å². The quantitative estimate of drug-likeness (QED) is 0.595. The Balaban J connectivity index is 1.35. The lowest BCUT2D eigenvalue weighted by molar-refractivity contribution is -0.125. The third-order valence-corrected chi connectivity index (χ3v) is 6.20. The fourth-order valence-corrected chi connectivity index (χ4v) is 4.51. The molecule has 33 heavy (non-hydrogen) atoms. The molecule has 2 amide bonds. The molecule has 7 nitrogen and oxygen atoms in total. The highest BCUT2D eigenvalue weighted by Crippen LogP contribution is 2.30. The van der Waals surface area contributed by atoms with Crippen LogP contribution in [0, 0.1) is 11.6 Å². The number of amides is 2. The molecule has 2 saturated heterocycles. The zero-order valence-corrected chi connectivity index (χ0v) is 18.3. The van der Waals surface area contributed by atoms with Gasteiger partial charge in [0.1, 0.15) is 11.7 Å². The standard InChI is InChI=1S/C24H28F2N4O3/c25-19-13-18(14-20(26)22(19)29-10-2-1-3-11-29)28-17-8-6-16(7-9-17)15-27-23(31)21-5-4-12-30(21)24(32)33/h6-9,13-14,21,28H,1-5,10-12,15H2,(H,27,31)(H,32,33)/t21-/m1/s1. The smallest absolute Gasteiger partial charge is 0.407 e. The summed E-state index contributed by atoms with van der Waals surface area (Å²) in [5.74, 6) is -1.47. The number of piperidine rings is 1. The van der Waals surface area contributed by atoms with Gasteiger partial charge < -0.3 is 20.6 Å². The van der Waals surface area contributed by atoms with Crippen LogP contribution in [-0.4, -0.2) is 47.7 Å². The maximum absolute atomic E-state index is 14.6. The predicted octanol–water partition coefficient (Wildman–Crippen LogP) is 4.46. The maximum atomic E-state index is 14.6. The van der Waals surface area contributed by atoms with E-state index < -0.39 is 23.8 Å². The molecule has 0 radical (unpaired) electrons. The lowest BCUT2D eigenvalue weighted by Crippen LogP contribution is -2.45. The van der Waals surface area contributed by atoms with Crippen LogP contribution in [0.5, 0.6) is 0 Å². The van der Waals surface area contributed by atoms with E-state index >= 15 is 0 Å². The van der Waals surface area contributed by atoms with Gasteiger partial charge in [-0.2, -0.15) is 0 Å². The Morgan fingerprint density at radius 1 is 0.939 bits per heavy atom. The Kier molecular flexibility index (Phi) is 6.96. The second-order valence-corrected chi connectivity index (χ2v) is 8.51. The molecule has 1 atom stereocenters. The first kappa shape index (κ1) is 22.8. The van der Waals surface area contributed by atoms with Crippen LogP contribution in [0.1, 0.15) is 37.7 Å². The van der Waals surface area contributed by atoms with E-state index in [-0.39, 0.29) is 18.1 Å². The van der Waals surface area contributed by atoms with Crippen molar-refractivity contribution in [1.29, 1.82) is 0 Å². The lowest BCUT2D eigenvalue weighted by atomic mass is 10.1. The second kappa shape index (κ2) is 10.1. The van der Waals surface area contributed by atoms with Gasteiger partial charge in [0.25, 0.3) is 0 Å². The highest BCUT2D eigenvalue weighted by atomic mass is 19.1. The summed E-state index contributed by atoms with van der Waals surface area (Å²) < 4.78 is 29.3. The van der Waals surface area contributed by atoms with Crippen molar-refractivity contribution in [2.75, 3.05) is 29.9 Å². The molecule has 2 aliphatic rings. The van der Waals surface area contributed by atoms with E-state index in [0.29, 0.717) is 43.9 Å². The third kappa shape index (κ3) is 5.35. The number of benzene rings is 2. The minimum Gasteiger partial charge on any atom is -0.465 e. The summed E-state index contributed by atoms with van der Waals surface area (Å²) in [5.41, 5.74) is 1.84. The topological polar surface area (TPSA) is 84.9 Å². The molecule has 3 N–H and O–H groups in total. The van der Waals surface area contributed by atoms with E-state index in [1.807, 2.05) is 0 Å². The summed E-state index contributed by atoms with van der Waals surface area (Å²) in [6, 6.07) is 9.06. The molecule has 2 aromatic carbocycles. The maximum Gasteiger partial charge on any atom is 0.407 e. The van der Waals surface area contributed by atoms with E-state index in [9.17, 15) is 23.5 Å². The number of rotatable bonds is 6. The minimum atomic E-state index is -1.08. The first-order valence-corrected chi connectivity index (χ1v) is 11.3. The van der Waals surface area contributed by atoms with Crippen molar-refractivity contribution in [3.8, 4) is 0 Å². The van der Waals surface area contributed by atoms with Gasteiger partial charge >= 0.3 is 6.09 Å². The number of carboxylic acid groups (broad SMARTS) is 1. The van der Waals surface area contributed by atoms with Crippen molar-refractivity contribution in [3.05, 3.63) is 53.6 Å². The van der Waals surface area contributed by atoms with Gasteiger partial charge in [-0.25, -0.2) is 13.6 Å². The molecule has 2 aromatic rings. The Morgan fingerprint density at radius 2 is 1.61 bits per heavy atom. The molecule has 0 unspecified atom stereocenters. The average Bonchev–Trinajstić information content (AvgIpc) is 3.29. The van der Waals surface area contributed by atoms with Crippen molar-refractivity contribution in [2.24, 2.45) is 0 Å². The number of likely N-dealkylation sites (tertiary alicyclic amines) is 1. The average molecular weight is 459 g/mol. The number of hydrogen-bond donors (Lipinski definition) is 3. The molecule has 0 aromatic heterocycles. The van der Waals surface area contributed by atoms with E-state index in [2.05, 4.69) is 10.6 Å². The fourth-order valence-electron chi connectivity index (χ4n) is 4.51. The van der Waals surface area contributed by atoms with Crippen LogP contribution >= 0.6 is 0 Å². The van der Waals surface area contributed by atoms with Crippen LogP contribution in [0.4, 0.5) is 30.6 Å². The van der Waals surface area contributed by atoms with Gasteiger partial charge in [-0.3, -0.25) is 9.69 Å². The zero-order chi connectivity index (χ0) is 23.4. The molecule has 4 rings (SSSR count). The molecular weight excluding hydrogens is 430 g/mol. The number of carbonyl (C=O) groups excluding carboxylic acids is 1. The van der Waals surface area contributed by atoms with Crippen LogP contribution in [-0.2, 0) is 11.3 Å². The van der Waals surface area contributed by atoms with Crippen LogP contribution in [0.2, 0.25) is 0 Å². The van der Waals surface area contributed by atoms with Crippen LogP contribution in [0.3, 0.4) is 0 Å². The Labute approximate surface area is 191 Å².